The van der Waals surface area contributed by atoms with Crippen LogP contribution in [0, 0.1) is 40.4 Å². The number of hydrogen-bond acceptors (Lipinski definition) is 7. The smallest absolute Gasteiger partial charge is 0.407 e. The largest absolute Gasteiger partial charge is 0.446 e. The van der Waals surface area contributed by atoms with Gasteiger partial charge in [-0.3, -0.25) is 0 Å². The molecule has 5 aliphatic rings. The second kappa shape index (κ2) is 16.4. The van der Waals surface area contributed by atoms with Gasteiger partial charge < -0.3 is 34.1 Å². The van der Waals surface area contributed by atoms with E-state index in [4.69, 9.17) is 38.4 Å². The Morgan fingerprint density at radius 2 is 2.00 bits per heavy atom. The Morgan fingerprint density at radius 1 is 1.21 bits per heavy atom. The summed E-state index contributed by atoms with van der Waals surface area (Å²) in [4.78, 5) is 23.4. The standard InChI is InChI=1S/C36H62BN2O7PS/c1-6-7-8-9-23(2)28-12-13-29-27-11-10-24-18-26(14-16-35(24,3)30(27)15-17-36(28,29)4)45-34(41)38-20-25(40)21-44-47(42,48)39-31-19-33(37)46-32(31)22-43-5/h10,23,25-33,40H,6-9,11-22H2,1-5H3,(H,38,41)(H2,39,42,48)/t23?,25?,26?,27?,28?,29?,30?,31?,32-,33-,35?,36?,47?/m1/s1. The van der Waals surface area contributed by atoms with Gasteiger partial charge in [-0.15, -0.1) is 0 Å². The minimum atomic E-state index is -3.43. The first kappa shape index (κ1) is 38.7. The lowest BCUT2D eigenvalue weighted by Gasteiger charge is -2.58. The number of carbonyl (C=O) groups excluding carboxylic acids is 1. The lowest BCUT2D eigenvalue weighted by atomic mass is 9.47. The van der Waals surface area contributed by atoms with Crippen LogP contribution in [0.15, 0.2) is 11.6 Å². The maximum atomic E-state index is 12.8. The molecule has 3 saturated carbocycles. The lowest BCUT2D eigenvalue weighted by molar-refractivity contribution is -0.0581. The molecule has 1 heterocycles. The van der Waals surface area contributed by atoms with Gasteiger partial charge in [-0.2, -0.15) is 0 Å². The van der Waals surface area contributed by atoms with E-state index in [0.29, 0.717) is 18.4 Å². The molecule has 11 unspecified atom stereocenters. The number of nitrogens with one attached hydrogen (secondary N) is 2. The molecule has 0 aromatic rings. The molecule has 4 aliphatic carbocycles. The highest BCUT2D eigenvalue weighted by atomic mass is 32.5. The van der Waals surface area contributed by atoms with E-state index >= 15 is 0 Å². The normalized spacial score (nSPS) is 40.1. The van der Waals surface area contributed by atoms with Crippen LogP contribution in [-0.2, 0) is 30.5 Å². The van der Waals surface area contributed by atoms with Crippen LogP contribution in [0.4, 0.5) is 4.79 Å². The molecule has 1 saturated heterocycles. The van der Waals surface area contributed by atoms with Crippen molar-refractivity contribution in [2.45, 2.75) is 142 Å². The van der Waals surface area contributed by atoms with Crippen molar-refractivity contribution in [2.75, 3.05) is 26.9 Å². The van der Waals surface area contributed by atoms with E-state index in [-0.39, 0.29) is 36.8 Å². The summed E-state index contributed by atoms with van der Waals surface area (Å²) in [5.74, 6) is 4.02. The van der Waals surface area contributed by atoms with Crippen LogP contribution in [0.5, 0.6) is 0 Å². The topological polar surface area (TPSA) is 119 Å². The molecular weight excluding hydrogens is 646 g/mol. The number of amides is 1. The molecule has 9 nitrogen and oxygen atoms in total. The fourth-order valence-corrected chi connectivity index (χ4v) is 12.5. The number of hydrogen-bond donors (Lipinski definition) is 4. The van der Waals surface area contributed by atoms with E-state index in [0.717, 1.165) is 55.3 Å². The van der Waals surface area contributed by atoms with Crippen LogP contribution < -0.4 is 10.4 Å². The molecule has 1 aliphatic heterocycles. The molecule has 0 aromatic carbocycles. The zero-order valence-corrected chi connectivity index (χ0v) is 31.7. The van der Waals surface area contributed by atoms with E-state index in [2.05, 4.69) is 44.2 Å². The Bertz CT molecular complexity index is 1180. The van der Waals surface area contributed by atoms with E-state index < -0.39 is 24.8 Å². The highest BCUT2D eigenvalue weighted by Crippen LogP contribution is 2.67. The number of methoxy groups -OCH3 is 1. The van der Waals surface area contributed by atoms with Crippen LogP contribution in [0.25, 0.3) is 0 Å². The molecule has 5 rings (SSSR count). The molecular formula is C36H62BN2O7PS. The molecule has 13 atom stereocenters. The average molecular weight is 709 g/mol. The average Bonchev–Trinajstić information content (AvgIpc) is 3.57. The number of ether oxygens (including phenoxy) is 3. The van der Waals surface area contributed by atoms with Crippen molar-refractivity contribution >= 4 is 32.4 Å². The quantitative estimate of drug-likeness (QED) is 0.0668. The summed E-state index contributed by atoms with van der Waals surface area (Å²) < 4.78 is 22.1. The van der Waals surface area contributed by atoms with Crippen molar-refractivity contribution < 1.29 is 33.5 Å². The van der Waals surface area contributed by atoms with E-state index in [9.17, 15) is 14.8 Å². The maximum absolute atomic E-state index is 12.8. The predicted octanol–water partition coefficient (Wildman–Crippen LogP) is 6.36. The van der Waals surface area contributed by atoms with Crippen LogP contribution >= 0.6 is 6.64 Å². The summed E-state index contributed by atoms with van der Waals surface area (Å²) in [7, 11) is 7.44. The summed E-state index contributed by atoms with van der Waals surface area (Å²) >= 11 is 5.24. The number of carbonyl (C=O) groups is 1. The van der Waals surface area contributed by atoms with Gasteiger partial charge in [-0.25, -0.2) is 9.88 Å². The second-order valence-electron chi connectivity index (χ2n) is 16.2. The molecule has 2 radical (unpaired) electrons. The first-order valence-corrected chi connectivity index (χ1v) is 21.4. The minimum Gasteiger partial charge on any atom is -0.446 e. The maximum Gasteiger partial charge on any atom is 0.407 e. The van der Waals surface area contributed by atoms with Crippen molar-refractivity contribution in [3.05, 3.63) is 11.6 Å². The Morgan fingerprint density at radius 3 is 2.75 bits per heavy atom. The molecule has 48 heavy (non-hydrogen) atoms. The fourth-order valence-electron chi connectivity index (χ4n) is 10.7. The van der Waals surface area contributed by atoms with Crippen LogP contribution in [0.1, 0.15) is 111 Å². The molecule has 1 amide bonds. The van der Waals surface area contributed by atoms with E-state index in [1.165, 1.54) is 56.9 Å². The zero-order valence-electron chi connectivity index (χ0n) is 30.0. The van der Waals surface area contributed by atoms with Crippen molar-refractivity contribution in [3.8, 4) is 0 Å². The fraction of sp³-hybridized carbons (Fsp3) is 0.917. The summed E-state index contributed by atoms with van der Waals surface area (Å²) in [6, 6.07) is -0.814. The SMILES string of the molecule is [B][C@H]1CC(NP(O)(=S)OCC(O)CNC(=O)OC2CCC3(C)C(=CCC4C3CCC3(C)C(C(C)CCCCC)CCC43)C2)[C@@H](COC)O1. The molecule has 272 valence electrons. The summed E-state index contributed by atoms with van der Waals surface area (Å²) in [6.45, 7) is 6.53. The number of alkyl carbamates (subject to hydrolysis) is 1. The summed E-state index contributed by atoms with van der Waals surface area (Å²) in [6.07, 6.45) is 15.6. The van der Waals surface area contributed by atoms with Gasteiger partial charge in [0.25, 0.3) is 6.64 Å². The third-order valence-electron chi connectivity index (χ3n) is 13.2. The van der Waals surface area contributed by atoms with Gasteiger partial charge >= 0.3 is 6.09 Å². The number of fused-ring (bicyclic) bond motifs is 5. The Balaban J connectivity index is 1.07. The number of rotatable bonds is 15. The van der Waals surface area contributed by atoms with Gasteiger partial charge in [0.1, 0.15) is 14.0 Å². The Hall–Kier alpha value is -0.515. The van der Waals surface area contributed by atoms with Gasteiger partial charge in [0, 0.05) is 32.1 Å². The van der Waals surface area contributed by atoms with Crippen LogP contribution in [0.3, 0.4) is 0 Å². The third-order valence-corrected chi connectivity index (χ3v) is 15.0. The van der Waals surface area contributed by atoms with Gasteiger partial charge in [0.05, 0.1) is 25.4 Å². The minimum absolute atomic E-state index is 0.0763. The monoisotopic (exact) mass is 708 g/mol. The molecule has 4 fully saturated rings. The third kappa shape index (κ3) is 8.74. The van der Waals surface area contributed by atoms with Gasteiger partial charge in [-0.05, 0) is 104 Å². The highest BCUT2D eigenvalue weighted by Gasteiger charge is 2.59. The zero-order chi connectivity index (χ0) is 34.7. The second-order valence-corrected chi connectivity index (χ2v) is 19.3. The Kier molecular flexibility index (Phi) is 13.3. The number of aliphatic hydroxyl groups is 1. The molecule has 0 bridgehead atoms. The van der Waals surface area contributed by atoms with Crippen molar-refractivity contribution in [2.24, 2.45) is 40.4 Å². The van der Waals surface area contributed by atoms with E-state index in [1.54, 1.807) is 7.11 Å². The molecule has 12 heteroatoms. The Labute approximate surface area is 296 Å². The first-order valence-electron chi connectivity index (χ1n) is 18.8. The van der Waals surface area contributed by atoms with Crippen molar-refractivity contribution in [3.63, 3.8) is 0 Å². The predicted molar refractivity (Wildman–Crippen MR) is 193 cm³/mol. The lowest BCUT2D eigenvalue weighted by Crippen LogP contribution is -2.51. The number of aliphatic hydroxyl groups excluding tert-OH is 1. The summed E-state index contributed by atoms with van der Waals surface area (Å²) in [5, 5.41) is 16.0. The van der Waals surface area contributed by atoms with Gasteiger partial charge in [-0.1, -0.05) is 65.0 Å². The van der Waals surface area contributed by atoms with Gasteiger partial charge in [0.2, 0.25) is 0 Å². The number of unbranched alkanes of at least 4 members (excludes halogenated alkanes) is 2. The van der Waals surface area contributed by atoms with Crippen molar-refractivity contribution in [1.29, 1.82) is 0 Å². The molecule has 0 aromatic heterocycles. The van der Waals surface area contributed by atoms with E-state index in [1.807, 2.05) is 0 Å². The highest BCUT2D eigenvalue weighted by molar-refractivity contribution is 8.08. The first-order chi connectivity index (χ1) is 22.8. The molecule has 4 N–H and O–H groups in total. The van der Waals surface area contributed by atoms with Crippen LogP contribution in [-0.4, -0.2) is 81.2 Å². The number of allylic oxidation sites excluding steroid dienone is 1. The van der Waals surface area contributed by atoms with Gasteiger partial charge in [0.15, 0.2) is 0 Å². The van der Waals surface area contributed by atoms with Crippen LogP contribution in [0.2, 0.25) is 0 Å². The van der Waals surface area contributed by atoms with Crippen molar-refractivity contribution in [1.82, 2.24) is 10.4 Å². The summed E-state index contributed by atoms with van der Waals surface area (Å²) in [5.41, 5.74) is 2.16. The molecule has 0 spiro atoms.